The minimum atomic E-state index is -0.398. The average molecular weight is 284 g/mol. The molecular formula is C16H13FN2O2. The lowest BCUT2D eigenvalue weighted by Crippen LogP contribution is -2.20. The van der Waals surface area contributed by atoms with Gasteiger partial charge in [-0.25, -0.2) is 4.39 Å². The number of fused-ring (bicyclic) bond motifs is 1. The Kier molecular flexibility index (Phi) is 3.55. The predicted octanol–water partition coefficient (Wildman–Crippen LogP) is 3.32. The van der Waals surface area contributed by atoms with E-state index in [0.717, 1.165) is 10.9 Å². The van der Waals surface area contributed by atoms with Gasteiger partial charge in [0.25, 0.3) is 5.91 Å². The second-order valence-corrected chi connectivity index (χ2v) is 4.57. The van der Waals surface area contributed by atoms with Gasteiger partial charge in [-0.05, 0) is 35.7 Å². The van der Waals surface area contributed by atoms with Gasteiger partial charge in [-0.1, -0.05) is 12.1 Å². The van der Waals surface area contributed by atoms with Crippen molar-refractivity contribution in [1.82, 2.24) is 4.98 Å². The van der Waals surface area contributed by atoms with Crippen molar-refractivity contribution in [2.24, 2.45) is 0 Å². The second-order valence-electron chi connectivity index (χ2n) is 4.57. The number of carbonyl (C=O) groups is 1. The Balaban J connectivity index is 1.60. The van der Waals surface area contributed by atoms with E-state index in [2.05, 4.69) is 10.3 Å². The van der Waals surface area contributed by atoms with Crippen LogP contribution in [0.1, 0.15) is 0 Å². The van der Waals surface area contributed by atoms with Crippen molar-refractivity contribution in [3.63, 3.8) is 0 Å². The van der Waals surface area contributed by atoms with Crippen LogP contribution in [0.3, 0.4) is 0 Å². The number of hydrogen-bond acceptors (Lipinski definition) is 2. The van der Waals surface area contributed by atoms with Gasteiger partial charge in [0.2, 0.25) is 0 Å². The van der Waals surface area contributed by atoms with Crippen molar-refractivity contribution in [3.8, 4) is 5.75 Å². The highest BCUT2D eigenvalue weighted by Crippen LogP contribution is 2.17. The number of aromatic amines is 1. The molecule has 21 heavy (non-hydrogen) atoms. The number of amides is 1. The molecule has 3 rings (SSSR count). The third-order valence-electron chi connectivity index (χ3n) is 3.00. The molecule has 1 amide bonds. The van der Waals surface area contributed by atoms with E-state index in [1.807, 2.05) is 30.5 Å². The summed E-state index contributed by atoms with van der Waals surface area (Å²) in [7, 11) is 0. The smallest absolute Gasteiger partial charge is 0.262 e. The third-order valence-corrected chi connectivity index (χ3v) is 3.00. The van der Waals surface area contributed by atoms with E-state index in [4.69, 9.17) is 4.74 Å². The van der Waals surface area contributed by atoms with E-state index < -0.39 is 5.82 Å². The molecule has 0 unspecified atom stereocenters. The van der Waals surface area contributed by atoms with Gasteiger partial charge in [-0.15, -0.1) is 0 Å². The summed E-state index contributed by atoms with van der Waals surface area (Å²) >= 11 is 0. The number of anilines is 1. The molecule has 1 heterocycles. The molecule has 0 aliphatic heterocycles. The molecule has 0 bridgehead atoms. The Morgan fingerprint density at radius 2 is 2.10 bits per heavy atom. The molecule has 1 aromatic heterocycles. The normalized spacial score (nSPS) is 10.5. The summed E-state index contributed by atoms with van der Waals surface area (Å²) in [5, 5.41) is 3.80. The van der Waals surface area contributed by atoms with Gasteiger partial charge in [0.15, 0.2) is 6.61 Å². The summed E-state index contributed by atoms with van der Waals surface area (Å²) in [5.41, 5.74) is 1.62. The van der Waals surface area contributed by atoms with Gasteiger partial charge >= 0.3 is 0 Å². The molecule has 2 N–H and O–H groups in total. The molecule has 0 atom stereocenters. The van der Waals surface area contributed by atoms with E-state index in [1.54, 1.807) is 6.07 Å². The van der Waals surface area contributed by atoms with Crippen molar-refractivity contribution in [3.05, 3.63) is 60.5 Å². The molecule has 0 fully saturated rings. The highest BCUT2D eigenvalue weighted by Gasteiger charge is 2.05. The summed E-state index contributed by atoms with van der Waals surface area (Å²) in [6.07, 6.45) is 1.84. The molecule has 4 nitrogen and oxygen atoms in total. The van der Waals surface area contributed by atoms with Crippen LogP contribution in [-0.4, -0.2) is 17.5 Å². The average Bonchev–Trinajstić information content (AvgIpc) is 2.93. The Bertz CT molecular complexity index is 783. The zero-order valence-electron chi connectivity index (χ0n) is 11.1. The van der Waals surface area contributed by atoms with Gasteiger partial charge in [0.1, 0.15) is 11.6 Å². The SMILES string of the molecule is O=C(COc1cccc(F)c1)Nc1ccc2cc[nH]c2c1. The van der Waals surface area contributed by atoms with Crippen LogP contribution in [0.2, 0.25) is 0 Å². The van der Waals surface area contributed by atoms with E-state index in [0.29, 0.717) is 11.4 Å². The molecule has 0 aliphatic rings. The van der Waals surface area contributed by atoms with Crippen LogP contribution >= 0.6 is 0 Å². The number of nitrogens with one attached hydrogen (secondary N) is 2. The van der Waals surface area contributed by atoms with Crippen molar-refractivity contribution in [1.29, 1.82) is 0 Å². The largest absolute Gasteiger partial charge is 0.484 e. The molecule has 5 heteroatoms. The van der Waals surface area contributed by atoms with E-state index in [1.165, 1.54) is 18.2 Å². The van der Waals surface area contributed by atoms with E-state index in [9.17, 15) is 9.18 Å². The van der Waals surface area contributed by atoms with Crippen molar-refractivity contribution in [2.75, 3.05) is 11.9 Å². The lowest BCUT2D eigenvalue weighted by molar-refractivity contribution is -0.118. The summed E-state index contributed by atoms with van der Waals surface area (Å²) in [6.45, 7) is -0.174. The first kappa shape index (κ1) is 13.2. The van der Waals surface area contributed by atoms with Crippen LogP contribution in [0.25, 0.3) is 10.9 Å². The number of ether oxygens (including phenoxy) is 1. The van der Waals surface area contributed by atoms with Crippen LogP contribution in [0.5, 0.6) is 5.75 Å². The first-order valence-corrected chi connectivity index (χ1v) is 6.46. The molecule has 0 aliphatic carbocycles. The highest BCUT2D eigenvalue weighted by molar-refractivity contribution is 5.94. The monoisotopic (exact) mass is 284 g/mol. The van der Waals surface area contributed by atoms with Crippen LogP contribution in [0, 0.1) is 5.82 Å². The minimum absolute atomic E-state index is 0.174. The first-order valence-electron chi connectivity index (χ1n) is 6.46. The van der Waals surface area contributed by atoms with E-state index >= 15 is 0 Å². The predicted molar refractivity (Wildman–Crippen MR) is 78.8 cm³/mol. The van der Waals surface area contributed by atoms with Crippen molar-refractivity contribution in [2.45, 2.75) is 0 Å². The molecular weight excluding hydrogens is 271 g/mol. The lowest BCUT2D eigenvalue weighted by Gasteiger charge is -2.07. The standard InChI is InChI=1S/C16H13FN2O2/c17-12-2-1-3-14(8-12)21-10-16(20)19-13-5-4-11-6-7-18-15(11)9-13/h1-9,18H,10H2,(H,19,20). The Hall–Kier alpha value is -2.82. The Labute approximate surface area is 120 Å². The van der Waals surface area contributed by atoms with Crippen molar-refractivity contribution >= 4 is 22.5 Å². The first-order chi connectivity index (χ1) is 10.2. The quantitative estimate of drug-likeness (QED) is 0.772. The molecule has 3 aromatic rings. The lowest BCUT2D eigenvalue weighted by atomic mass is 10.2. The Morgan fingerprint density at radius 3 is 2.95 bits per heavy atom. The molecule has 0 radical (unpaired) electrons. The van der Waals surface area contributed by atoms with E-state index in [-0.39, 0.29) is 12.5 Å². The van der Waals surface area contributed by atoms with Gasteiger partial charge in [0, 0.05) is 23.5 Å². The van der Waals surface area contributed by atoms with Gasteiger partial charge in [-0.3, -0.25) is 4.79 Å². The molecule has 2 aromatic carbocycles. The fraction of sp³-hybridized carbons (Fsp3) is 0.0625. The number of hydrogen-bond donors (Lipinski definition) is 2. The van der Waals surface area contributed by atoms with Gasteiger partial charge in [-0.2, -0.15) is 0 Å². The number of carbonyl (C=O) groups excluding carboxylic acids is 1. The summed E-state index contributed by atoms with van der Waals surface area (Å²) in [5.74, 6) is -0.375. The zero-order chi connectivity index (χ0) is 14.7. The van der Waals surface area contributed by atoms with Gasteiger partial charge in [0.05, 0.1) is 0 Å². The van der Waals surface area contributed by atoms with Gasteiger partial charge < -0.3 is 15.0 Å². The highest BCUT2D eigenvalue weighted by atomic mass is 19.1. The maximum atomic E-state index is 13.0. The number of H-pyrrole nitrogens is 1. The number of halogens is 1. The molecule has 0 saturated heterocycles. The number of rotatable bonds is 4. The summed E-state index contributed by atoms with van der Waals surface area (Å²) < 4.78 is 18.2. The van der Waals surface area contributed by atoms with Crippen LogP contribution in [0.4, 0.5) is 10.1 Å². The van der Waals surface area contributed by atoms with Crippen LogP contribution < -0.4 is 10.1 Å². The summed E-state index contributed by atoms with van der Waals surface area (Å²) in [6, 6.07) is 13.2. The molecule has 0 saturated carbocycles. The minimum Gasteiger partial charge on any atom is -0.484 e. The third kappa shape index (κ3) is 3.20. The topological polar surface area (TPSA) is 54.1 Å². The fourth-order valence-corrected chi connectivity index (χ4v) is 2.03. The fourth-order valence-electron chi connectivity index (χ4n) is 2.03. The summed E-state index contributed by atoms with van der Waals surface area (Å²) in [4.78, 5) is 14.9. The zero-order valence-corrected chi connectivity index (χ0v) is 11.1. The Morgan fingerprint density at radius 1 is 1.19 bits per heavy atom. The van der Waals surface area contributed by atoms with Crippen LogP contribution in [0.15, 0.2) is 54.7 Å². The van der Waals surface area contributed by atoms with Crippen LogP contribution in [-0.2, 0) is 4.79 Å². The maximum absolute atomic E-state index is 13.0. The maximum Gasteiger partial charge on any atom is 0.262 e. The molecule has 106 valence electrons. The molecule has 0 spiro atoms. The van der Waals surface area contributed by atoms with Crippen molar-refractivity contribution < 1.29 is 13.9 Å². The number of aromatic nitrogens is 1. The second kappa shape index (κ2) is 5.66. The number of benzene rings is 2.